The van der Waals surface area contributed by atoms with Crippen LogP contribution in [0.25, 0.3) is 0 Å². The van der Waals surface area contributed by atoms with Crippen molar-refractivity contribution in [2.24, 2.45) is 12.5 Å². The van der Waals surface area contributed by atoms with E-state index >= 15 is 0 Å². The van der Waals surface area contributed by atoms with E-state index in [-0.39, 0.29) is 23.7 Å². The monoisotopic (exact) mass is 316 g/mol. The fraction of sp³-hybridized carbons (Fsp3) is 0.714. The number of methoxy groups -OCH3 is 1. The zero-order valence-electron chi connectivity index (χ0n) is 12.9. The third-order valence-corrected chi connectivity index (χ3v) is 4.09. The van der Waals surface area contributed by atoms with Crippen molar-refractivity contribution in [1.82, 2.24) is 20.4 Å². The summed E-state index contributed by atoms with van der Waals surface area (Å²) in [5.74, 6) is -0.109. The molecule has 7 heteroatoms. The molecular formula is C14H25ClN4O2. The molecule has 21 heavy (non-hydrogen) atoms. The zero-order chi connectivity index (χ0) is 14.6. The van der Waals surface area contributed by atoms with E-state index in [0.29, 0.717) is 18.8 Å². The first kappa shape index (κ1) is 17.9. The minimum absolute atomic E-state index is 0. The van der Waals surface area contributed by atoms with Gasteiger partial charge in [0.15, 0.2) is 0 Å². The molecule has 2 heterocycles. The molecule has 0 bridgehead atoms. The highest BCUT2D eigenvalue weighted by atomic mass is 35.5. The van der Waals surface area contributed by atoms with E-state index in [1.54, 1.807) is 17.9 Å². The van der Waals surface area contributed by atoms with Crippen LogP contribution in [0.15, 0.2) is 6.07 Å². The van der Waals surface area contributed by atoms with Crippen molar-refractivity contribution in [2.45, 2.75) is 19.8 Å². The molecule has 1 aliphatic heterocycles. The van der Waals surface area contributed by atoms with E-state index in [4.69, 9.17) is 4.74 Å². The summed E-state index contributed by atoms with van der Waals surface area (Å²) in [5.41, 5.74) is 1.49. The first-order valence-electron chi connectivity index (χ1n) is 7.05. The number of carbonyl (C=O) groups is 1. The molecule has 0 unspecified atom stereocenters. The highest BCUT2D eigenvalue weighted by Crippen LogP contribution is 2.28. The minimum Gasteiger partial charge on any atom is -0.384 e. The van der Waals surface area contributed by atoms with E-state index in [1.807, 2.05) is 14.0 Å². The molecule has 1 aliphatic rings. The summed E-state index contributed by atoms with van der Waals surface area (Å²) in [5, 5.41) is 10.6. The van der Waals surface area contributed by atoms with E-state index in [1.165, 1.54) is 0 Å². The van der Waals surface area contributed by atoms with E-state index in [9.17, 15) is 4.79 Å². The van der Waals surface area contributed by atoms with Gasteiger partial charge in [-0.15, -0.1) is 12.4 Å². The molecule has 1 aromatic heterocycles. The average molecular weight is 317 g/mol. The van der Waals surface area contributed by atoms with Crippen molar-refractivity contribution in [3.05, 3.63) is 17.5 Å². The van der Waals surface area contributed by atoms with Gasteiger partial charge in [0, 0.05) is 31.8 Å². The smallest absolute Gasteiger partial charge is 0.271 e. The SMILES string of the molecule is COCC1(CNC(=O)c2cc(C)n(C)n2)CCNCC1.Cl. The van der Waals surface area contributed by atoms with Gasteiger partial charge in [-0.25, -0.2) is 0 Å². The molecule has 0 spiro atoms. The van der Waals surface area contributed by atoms with Gasteiger partial charge < -0.3 is 15.4 Å². The molecule has 0 saturated carbocycles. The van der Waals surface area contributed by atoms with Gasteiger partial charge in [-0.1, -0.05) is 0 Å². The number of hydrogen-bond acceptors (Lipinski definition) is 4. The zero-order valence-corrected chi connectivity index (χ0v) is 13.8. The van der Waals surface area contributed by atoms with Gasteiger partial charge >= 0.3 is 0 Å². The summed E-state index contributed by atoms with van der Waals surface area (Å²) in [6.45, 7) is 5.19. The van der Waals surface area contributed by atoms with Crippen LogP contribution in [0.4, 0.5) is 0 Å². The Morgan fingerprint density at radius 2 is 2.19 bits per heavy atom. The number of ether oxygens (including phenoxy) is 1. The summed E-state index contributed by atoms with van der Waals surface area (Å²) in [6.07, 6.45) is 2.03. The maximum atomic E-state index is 12.2. The maximum Gasteiger partial charge on any atom is 0.271 e. The highest BCUT2D eigenvalue weighted by Gasteiger charge is 2.32. The van der Waals surface area contributed by atoms with Gasteiger partial charge in [-0.05, 0) is 38.9 Å². The number of piperidine rings is 1. The van der Waals surface area contributed by atoms with Gasteiger partial charge in [-0.3, -0.25) is 9.48 Å². The predicted molar refractivity (Wildman–Crippen MR) is 83.9 cm³/mol. The molecule has 0 aromatic carbocycles. The van der Waals surface area contributed by atoms with Crippen LogP contribution in [0.5, 0.6) is 0 Å². The summed E-state index contributed by atoms with van der Waals surface area (Å²) >= 11 is 0. The van der Waals surface area contributed by atoms with Gasteiger partial charge in [0.1, 0.15) is 5.69 Å². The number of nitrogens with zero attached hydrogens (tertiary/aromatic N) is 2. The third-order valence-electron chi connectivity index (χ3n) is 4.09. The quantitative estimate of drug-likeness (QED) is 0.847. The van der Waals surface area contributed by atoms with E-state index in [2.05, 4.69) is 15.7 Å². The number of halogens is 1. The first-order valence-corrected chi connectivity index (χ1v) is 7.05. The molecule has 1 aromatic rings. The fourth-order valence-electron chi connectivity index (χ4n) is 2.67. The van der Waals surface area contributed by atoms with Crippen LogP contribution in [0, 0.1) is 12.3 Å². The van der Waals surface area contributed by atoms with Crippen LogP contribution in [0.3, 0.4) is 0 Å². The second kappa shape index (κ2) is 7.77. The van der Waals surface area contributed by atoms with Gasteiger partial charge in [0.2, 0.25) is 0 Å². The second-order valence-corrected chi connectivity index (χ2v) is 5.66. The Balaban J connectivity index is 0.00000220. The number of amides is 1. The Morgan fingerprint density at radius 1 is 1.52 bits per heavy atom. The van der Waals surface area contributed by atoms with Crippen molar-refractivity contribution < 1.29 is 9.53 Å². The maximum absolute atomic E-state index is 12.2. The van der Waals surface area contributed by atoms with Crippen molar-refractivity contribution in [1.29, 1.82) is 0 Å². The van der Waals surface area contributed by atoms with Crippen molar-refractivity contribution in [2.75, 3.05) is 33.4 Å². The van der Waals surface area contributed by atoms with Crippen molar-refractivity contribution >= 4 is 18.3 Å². The molecular weight excluding hydrogens is 292 g/mol. The topological polar surface area (TPSA) is 68.2 Å². The molecule has 2 rings (SSSR count). The molecule has 6 nitrogen and oxygen atoms in total. The van der Waals surface area contributed by atoms with E-state index in [0.717, 1.165) is 31.6 Å². The number of aromatic nitrogens is 2. The lowest BCUT2D eigenvalue weighted by Crippen LogP contribution is -2.47. The molecule has 0 atom stereocenters. The number of rotatable bonds is 5. The Kier molecular flexibility index (Phi) is 6.64. The minimum atomic E-state index is -0.109. The predicted octanol–water partition coefficient (Wildman–Crippen LogP) is 0.896. The number of nitrogens with one attached hydrogen (secondary N) is 2. The summed E-state index contributed by atoms with van der Waals surface area (Å²) in [6, 6.07) is 1.81. The second-order valence-electron chi connectivity index (χ2n) is 5.66. The van der Waals surface area contributed by atoms with Crippen LogP contribution >= 0.6 is 12.4 Å². The Bertz CT molecular complexity index is 445. The van der Waals surface area contributed by atoms with Crippen LogP contribution in [0.2, 0.25) is 0 Å². The van der Waals surface area contributed by atoms with Gasteiger partial charge in [0.25, 0.3) is 5.91 Å². The lowest BCUT2D eigenvalue weighted by molar-refractivity contribution is 0.0510. The fourth-order valence-corrected chi connectivity index (χ4v) is 2.67. The molecule has 1 fully saturated rings. The molecule has 1 amide bonds. The summed E-state index contributed by atoms with van der Waals surface area (Å²) in [4.78, 5) is 12.2. The van der Waals surface area contributed by atoms with E-state index < -0.39 is 0 Å². The summed E-state index contributed by atoms with van der Waals surface area (Å²) in [7, 11) is 3.55. The lowest BCUT2D eigenvalue weighted by Gasteiger charge is -2.37. The van der Waals surface area contributed by atoms with Crippen molar-refractivity contribution in [3.63, 3.8) is 0 Å². The normalized spacial score (nSPS) is 17.1. The Morgan fingerprint density at radius 3 is 2.71 bits per heavy atom. The van der Waals surface area contributed by atoms with Gasteiger partial charge in [-0.2, -0.15) is 5.10 Å². The average Bonchev–Trinajstić information content (AvgIpc) is 2.78. The molecule has 0 radical (unpaired) electrons. The number of aryl methyl sites for hydroxylation is 2. The standard InChI is InChI=1S/C14H24N4O2.ClH/c1-11-8-12(17-18(11)2)13(19)16-9-14(10-20-3)4-6-15-7-5-14;/h8,15H,4-7,9-10H2,1-3H3,(H,16,19);1H. The lowest BCUT2D eigenvalue weighted by atomic mass is 9.79. The van der Waals surface area contributed by atoms with Crippen LogP contribution in [-0.2, 0) is 11.8 Å². The number of carbonyl (C=O) groups excluding carboxylic acids is 1. The number of hydrogen-bond donors (Lipinski definition) is 2. The largest absolute Gasteiger partial charge is 0.384 e. The molecule has 120 valence electrons. The summed E-state index contributed by atoms with van der Waals surface area (Å²) < 4.78 is 7.06. The van der Waals surface area contributed by atoms with Gasteiger partial charge in [0.05, 0.1) is 6.61 Å². The first-order chi connectivity index (χ1) is 9.56. The molecule has 2 N–H and O–H groups in total. The Labute approximate surface area is 132 Å². The molecule has 1 saturated heterocycles. The highest BCUT2D eigenvalue weighted by molar-refractivity contribution is 5.92. The van der Waals surface area contributed by atoms with Crippen LogP contribution < -0.4 is 10.6 Å². The molecule has 0 aliphatic carbocycles. The van der Waals surface area contributed by atoms with Crippen molar-refractivity contribution in [3.8, 4) is 0 Å². The van der Waals surface area contributed by atoms with Crippen LogP contribution in [-0.4, -0.2) is 49.0 Å². The Hall–Kier alpha value is -1.11. The van der Waals surface area contributed by atoms with Crippen LogP contribution in [0.1, 0.15) is 29.0 Å². The third kappa shape index (κ3) is 4.43.